The molecule has 1 N–H and O–H groups in total. The fraction of sp³-hybridized carbons (Fsp3) is 0.321. The Hall–Kier alpha value is -3.88. The number of hydrogen-bond acceptors (Lipinski definition) is 10. The number of anilines is 2. The number of nitrogens with one attached hydrogen (secondary N) is 1. The van der Waals surface area contributed by atoms with Crippen LogP contribution < -0.4 is 19.1 Å². The maximum Gasteiger partial charge on any atom is 0.298 e. The second-order valence-corrected chi connectivity index (χ2v) is 10.8. The molecule has 0 unspecified atom stereocenters. The van der Waals surface area contributed by atoms with Gasteiger partial charge in [-0.2, -0.15) is 0 Å². The van der Waals surface area contributed by atoms with Crippen molar-refractivity contribution < 1.29 is 18.8 Å². The molecule has 5 rings (SSSR count). The Kier molecular flexibility index (Phi) is 8.14. The van der Waals surface area contributed by atoms with Gasteiger partial charge in [0, 0.05) is 31.7 Å². The Labute approximate surface area is 235 Å². The summed E-state index contributed by atoms with van der Waals surface area (Å²) in [6.07, 6.45) is 8.95. The number of terminal acetylenes is 1. The van der Waals surface area contributed by atoms with E-state index >= 15 is 0 Å². The second kappa shape index (κ2) is 11.9. The number of methoxy groups -OCH3 is 2. The lowest BCUT2D eigenvalue weighted by molar-refractivity contribution is -0.124. The molecule has 0 atom stereocenters. The summed E-state index contributed by atoms with van der Waals surface area (Å²) in [5.74, 6) is 3.95. The minimum absolute atomic E-state index is 0.254. The lowest BCUT2D eigenvalue weighted by Gasteiger charge is -2.20. The summed E-state index contributed by atoms with van der Waals surface area (Å²) < 4.78 is 20.3. The zero-order valence-electron chi connectivity index (χ0n) is 22.0. The predicted molar refractivity (Wildman–Crippen MR) is 156 cm³/mol. The zero-order valence-corrected chi connectivity index (χ0v) is 23.7. The molecule has 11 heteroatoms. The summed E-state index contributed by atoms with van der Waals surface area (Å²) in [5, 5.41) is 6.90. The molecule has 4 aromatic rings. The predicted octanol–water partition coefficient (Wildman–Crippen LogP) is 5.32. The van der Waals surface area contributed by atoms with Gasteiger partial charge >= 0.3 is 0 Å². The number of carbonyl (C=O) groups excluding carboxylic acids is 1. The van der Waals surface area contributed by atoms with Crippen molar-refractivity contribution in [2.24, 2.45) is 0 Å². The minimum atomic E-state index is -0.254. The normalized spacial score (nSPS) is 13.7. The van der Waals surface area contributed by atoms with Crippen molar-refractivity contribution in [3.63, 3.8) is 0 Å². The van der Waals surface area contributed by atoms with Gasteiger partial charge in [0.1, 0.15) is 26.9 Å². The zero-order chi connectivity index (χ0) is 27.4. The molecule has 0 radical (unpaired) electrons. The van der Waals surface area contributed by atoms with E-state index in [1.54, 1.807) is 30.5 Å². The number of fused-ring (bicyclic) bond motifs is 1. The Morgan fingerprint density at radius 2 is 2.03 bits per heavy atom. The lowest BCUT2D eigenvalue weighted by Crippen LogP contribution is -2.34. The number of amides is 1. The van der Waals surface area contributed by atoms with E-state index in [9.17, 15) is 4.79 Å². The highest BCUT2D eigenvalue weighted by molar-refractivity contribution is 8.00. The molecule has 202 valence electrons. The van der Waals surface area contributed by atoms with Crippen molar-refractivity contribution in [1.82, 2.24) is 15.0 Å². The van der Waals surface area contributed by atoms with Crippen LogP contribution in [0.2, 0.25) is 0 Å². The number of ether oxygens (including phenoxy) is 2. The fourth-order valence-corrected chi connectivity index (χ4v) is 6.26. The molecule has 9 nitrogen and oxygen atoms in total. The summed E-state index contributed by atoms with van der Waals surface area (Å²) in [4.78, 5) is 21.5. The highest BCUT2D eigenvalue weighted by Crippen LogP contribution is 2.41. The molecule has 1 saturated heterocycles. The van der Waals surface area contributed by atoms with Crippen LogP contribution in [0.5, 0.6) is 11.5 Å². The Balaban J connectivity index is 1.36. The number of nitrogens with zero attached hydrogens (tertiary/aromatic N) is 4. The molecule has 0 bridgehead atoms. The van der Waals surface area contributed by atoms with Gasteiger partial charge in [-0.1, -0.05) is 29.5 Å². The van der Waals surface area contributed by atoms with Gasteiger partial charge in [0.05, 0.1) is 25.3 Å². The van der Waals surface area contributed by atoms with E-state index in [0.717, 1.165) is 51.0 Å². The second-order valence-electron chi connectivity index (χ2n) is 8.91. The molecule has 0 spiro atoms. The quantitative estimate of drug-likeness (QED) is 0.226. The van der Waals surface area contributed by atoms with Crippen LogP contribution in [-0.2, 0) is 11.2 Å². The van der Waals surface area contributed by atoms with Crippen LogP contribution in [0.1, 0.15) is 18.9 Å². The molecule has 1 fully saturated rings. The largest absolute Gasteiger partial charge is 0.496 e. The summed E-state index contributed by atoms with van der Waals surface area (Å²) in [7, 11) is 3.29. The first-order chi connectivity index (χ1) is 19.0. The number of aromatic nitrogens is 2. The van der Waals surface area contributed by atoms with Crippen LogP contribution in [-0.4, -0.2) is 61.3 Å². The van der Waals surface area contributed by atoms with Gasteiger partial charge in [-0.15, -0.1) is 6.42 Å². The topological polar surface area (TPSA) is 93.0 Å². The summed E-state index contributed by atoms with van der Waals surface area (Å²) in [6.45, 7) is 4.91. The van der Waals surface area contributed by atoms with E-state index in [0.29, 0.717) is 36.8 Å². The first-order valence-corrected chi connectivity index (χ1v) is 14.2. The molecule has 0 aliphatic carbocycles. The van der Waals surface area contributed by atoms with Gasteiger partial charge in [-0.3, -0.25) is 4.79 Å². The van der Waals surface area contributed by atoms with Gasteiger partial charge in [0.2, 0.25) is 0 Å². The molecule has 3 heterocycles. The standard InChI is InChI=1S/C28H29N5O4S2/c1-5-18-8-9-20(35-3)23(14-18)39-31-27-26-21(36-4)15-19(16-22(26)37-30-27)28-29-17-25(38-28)33-11-7-10-32(12-13-33)24(34)6-2/h2,8-9,14-17H,5,7,10-13H2,1,3-4H3,(H,30,31). The van der Waals surface area contributed by atoms with Crippen LogP contribution in [0.3, 0.4) is 0 Å². The fourth-order valence-electron chi connectivity index (χ4n) is 4.49. The van der Waals surface area contributed by atoms with E-state index in [1.807, 2.05) is 24.4 Å². The van der Waals surface area contributed by atoms with Gasteiger partial charge in [-0.05, 0) is 60.5 Å². The van der Waals surface area contributed by atoms with Crippen molar-refractivity contribution in [1.29, 1.82) is 0 Å². The first-order valence-electron chi connectivity index (χ1n) is 12.6. The van der Waals surface area contributed by atoms with Crippen LogP contribution in [0.4, 0.5) is 10.8 Å². The molecule has 1 aliphatic rings. The summed E-state index contributed by atoms with van der Waals surface area (Å²) >= 11 is 3.00. The Bertz CT molecular complexity index is 1530. The van der Waals surface area contributed by atoms with Crippen molar-refractivity contribution in [2.45, 2.75) is 24.7 Å². The van der Waals surface area contributed by atoms with Crippen molar-refractivity contribution in [2.75, 3.05) is 50.0 Å². The third-order valence-electron chi connectivity index (χ3n) is 6.61. The molecule has 1 aliphatic heterocycles. The van der Waals surface area contributed by atoms with Crippen LogP contribution >= 0.6 is 23.3 Å². The van der Waals surface area contributed by atoms with Crippen LogP contribution in [0, 0.1) is 12.3 Å². The molecular formula is C28H29N5O4S2. The lowest BCUT2D eigenvalue weighted by atomic mass is 10.1. The number of hydrogen-bond donors (Lipinski definition) is 1. The highest BCUT2D eigenvalue weighted by atomic mass is 32.2. The number of aryl methyl sites for hydroxylation is 1. The van der Waals surface area contributed by atoms with E-state index in [-0.39, 0.29) is 5.91 Å². The van der Waals surface area contributed by atoms with E-state index in [1.165, 1.54) is 17.5 Å². The average Bonchev–Trinajstić information content (AvgIpc) is 3.56. The van der Waals surface area contributed by atoms with Gasteiger partial charge < -0.3 is 28.5 Å². The Morgan fingerprint density at radius 3 is 2.79 bits per heavy atom. The molecule has 1 amide bonds. The number of thiazole rings is 1. The van der Waals surface area contributed by atoms with Gasteiger partial charge in [-0.25, -0.2) is 4.98 Å². The van der Waals surface area contributed by atoms with E-state index in [4.69, 9.17) is 20.4 Å². The molecule has 39 heavy (non-hydrogen) atoms. The first kappa shape index (κ1) is 26.7. The van der Waals surface area contributed by atoms with Crippen molar-refractivity contribution in [3.05, 3.63) is 42.1 Å². The molecule has 2 aromatic carbocycles. The number of carbonyl (C=O) groups is 1. The maximum atomic E-state index is 11.9. The van der Waals surface area contributed by atoms with E-state index < -0.39 is 0 Å². The van der Waals surface area contributed by atoms with Crippen LogP contribution in [0.25, 0.3) is 21.5 Å². The average molecular weight is 564 g/mol. The smallest absolute Gasteiger partial charge is 0.298 e. The van der Waals surface area contributed by atoms with Crippen molar-refractivity contribution in [3.8, 4) is 34.4 Å². The van der Waals surface area contributed by atoms with E-state index in [2.05, 4.69) is 44.7 Å². The Morgan fingerprint density at radius 1 is 1.18 bits per heavy atom. The molecule has 2 aromatic heterocycles. The summed E-state index contributed by atoms with van der Waals surface area (Å²) in [5.41, 5.74) is 2.69. The third kappa shape index (κ3) is 5.62. The van der Waals surface area contributed by atoms with Gasteiger partial charge in [0.15, 0.2) is 11.4 Å². The third-order valence-corrected chi connectivity index (χ3v) is 8.55. The number of benzene rings is 2. The van der Waals surface area contributed by atoms with Crippen molar-refractivity contribution >= 4 is 51.0 Å². The maximum absolute atomic E-state index is 11.9. The molecule has 0 saturated carbocycles. The van der Waals surface area contributed by atoms with Crippen LogP contribution in [0.15, 0.2) is 45.9 Å². The molecular weight excluding hydrogens is 534 g/mol. The number of rotatable bonds is 8. The highest BCUT2D eigenvalue weighted by Gasteiger charge is 2.22. The van der Waals surface area contributed by atoms with Gasteiger partial charge in [0.25, 0.3) is 5.91 Å². The monoisotopic (exact) mass is 563 g/mol. The minimum Gasteiger partial charge on any atom is -0.496 e. The SMILES string of the molecule is C#CC(=O)N1CCCN(c2cnc(-c3cc(OC)c4c(NSc5cc(CC)ccc5OC)noc4c3)s2)CC1. The summed E-state index contributed by atoms with van der Waals surface area (Å²) in [6, 6.07) is 10.0.